The van der Waals surface area contributed by atoms with Gasteiger partial charge in [-0.15, -0.1) is 0 Å². The number of rotatable bonds is 6. The van der Waals surface area contributed by atoms with E-state index in [1.54, 1.807) is 7.11 Å². The van der Waals surface area contributed by atoms with Crippen molar-refractivity contribution in [3.8, 4) is 5.75 Å². The van der Waals surface area contributed by atoms with Gasteiger partial charge in [0.1, 0.15) is 5.75 Å². The molecule has 0 saturated carbocycles. The van der Waals surface area contributed by atoms with Crippen molar-refractivity contribution in [3.05, 3.63) is 59.4 Å². The lowest BCUT2D eigenvalue weighted by molar-refractivity contribution is -0.133. The number of hydrogen-bond acceptors (Lipinski definition) is 4. The van der Waals surface area contributed by atoms with Gasteiger partial charge in [-0.3, -0.25) is 14.7 Å². The molecule has 5 nitrogen and oxygen atoms in total. The highest BCUT2D eigenvalue weighted by Crippen LogP contribution is 2.31. The SMILES string of the molecule is COc1ccccc1Cc1cccc(C2CCCN2C(=O)CN2CCCC2)n1. The number of pyridine rings is 1. The Hall–Kier alpha value is -2.40. The van der Waals surface area contributed by atoms with Crippen LogP contribution in [0.25, 0.3) is 0 Å². The van der Waals surface area contributed by atoms with Gasteiger partial charge in [-0.25, -0.2) is 0 Å². The Morgan fingerprint density at radius 2 is 1.89 bits per heavy atom. The Morgan fingerprint density at radius 3 is 2.71 bits per heavy atom. The largest absolute Gasteiger partial charge is 0.496 e. The molecule has 0 aliphatic carbocycles. The highest BCUT2D eigenvalue weighted by atomic mass is 16.5. The highest BCUT2D eigenvalue weighted by Gasteiger charge is 2.32. The van der Waals surface area contributed by atoms with Crippen LogP contribution in [0.1, 0.15) is 48.7 Å². The summed E-state index contributed by atoms with van der Waals surface area (Å²) in [6.07, 6.45) is 5.20. The molecule has 1 amide bonds. The number of benzene rings is 1. The minimum atomic E-state index is 0.104. The zero-order chi connectivity index (χ0) is 19.3. The maximum atomic E-state index is 12.9. The Balaban J connectivity index is 1.49. The normalized spacial score (nSPS) is 19.9. The van der Waals surface area contributed by atoms with Crippen molar-refractivity contribution in [2.45, 2.75) is 38.1 Å². The summed E-state index contributed by atoms with van der Waals surface area (Å²) in [6.45, 7) is 3.50. The van der Waals surface area contributed by atoms with Crippen LogP contribution in [0, 0.1) is 0 Å². The first-order valence-electron chi connectivity index (χ1n) is 10.3. The lowest BCUT2D eigenvalue weighted by Gasteiger charge is -2.27. The first-order chi connectivity index (χ1) is 13.7. The quantitative estimate of drug-likeness (QED) is 0.771. The summed E-state index contributed by atoms with van der Waals surface area (Å²) in [6, 6.07) is 14.4. The van der Waals surface area contributed by atoms with E-state index in [1.165, 1.54) is 12.8 Å². The van der Waals surface area contributed by atoms with Crippen molar-refractivity contribution in [2.24, 2.45) is 0 Å². The van der Waals surface area contributed by atoms with Crippen LogP contribution >= 0.6 is 0 Å². The molecule has 1 aromatic heterocycles. The van der Waals surface area contributed by atoms with Gasteiger partial charge in [0.25, 0.3) is 0 Å². The molecule has 28 heavy (non-hydrogen) atoms. The highest BCUT2D eigenvalue weighted by molar-refractivity contribution is 5.79. The van der Waals surface area contributed by atoms with Crippen LogP contribution in [0.5, 0.6) is 5.75 Å². The Labute approximate surface area is 167 Å². The summed E-state index contributed by atoms with van der Waals surface area (Å²) >= 11 is 0. The number of hydrogen-bond donors (Lipinski definition) is 0. The predicted octanol–water partition coefficient (Wildman–Crippen LogP) is 3.44. The molecule has 0 N–H and O–H groups in total. The molecular weight excluding hydrogens is 350 g/mol. The molecule has 2 saturated heterocycles. The van der Waals surface area contributed by atoms with E-state index in [-0.39, 0.29) is 11.9 Å². The molecule has 2 aliphatic heterocycles. The molecule has 1 aromatic carbocycles. The third-order valence-corrected chi connectivity index (χ3v) is 5.86. The van der Waals surface area contributed by atoms with Gasteiger partial charge < -0.3 is 9.64 Å². The van der Waals surface area contributed by atoms with Crippen LogP contribution in [0.3, 0.4) is 0 Å². The van der Waals surface area contributed by atoms with E-state index >= 15 is 0 Å². The lowest BCUT2D eigenvalue weighted by Crippen LogP contribution is -2.39. The van der Waals surface area contributed by atoms with Crippen LogP contribution in [0.4, 0.5) is 0 Å². The molecular formula is C23H29N3O2. The number of likely N-dealkylation sites (tertiary alicyclic amines) is 2. The van der Waals surface area contributed by atoms with Gasteiger partial charge in [-0.1, -0.05) is 24.3 Å². The summed E-state index contributed by atoms with van der Waals surface area (Å²) in [5.41, 5.74) is 3.16. The molecule has 148 valence electrons. The number of aromatic nitrogens is 1. The molecule has 1 atom stereocenters. The summed E-state index contributed by atoms with van der Waals surface area (Å²) in [5, 5.41) is 0. The average molecular weight is 380 g/mol. The fraction of sp³-hybridized carbons (Fsp3) is 0.478. The Kier molecular flexibility index (Phi) is 5.91. The molecule has 5 heteroatoms. The zero-order valence-corrected chi connectivity index (χ0v) is 16.6. The number of nitrogens with zero attached hydrogens (tertiary/aromatic N) is 3. The summed E-state index contributed by atoms with van der Waals surface area (Å²) < 4.78 is 5.47. The van der Waals surface area contributed by atoms with E-state index < -0.39 is 0 Å². The van der Waals surface area contributed by atoms with Gasteiger partial charge in [-0.05, 0) is 57.0 Å². The lowest BCUT2D eigenvalue weighted by atomic mass is 10.1. The van der Waals surface area contributed by atoms with Crippen molar-refractivity contribution < 1.29 is 9.53 Å². The molecule has 0 radical (unpaired) electrons. The van der Waals surface area contributed by atoms with Gasteiger partial charge >= 0.3 is 0 Å². The second-order valence-corrected chi connectivity index (χ2v) is 7.77. The second-order valence-electron chi connectivity index (χ2n) is 7.77. The van der Waals surface area contributed by atoms with E-state index in [4.69, 9.17) is 9.72 Å². The Bertz CT molecular complexity index is 817. The van der Waals surface area contributed by atoms with Gasteiger partial charge in [0.05, 0.1) is 25.4 Å². The monoisotopic (exact) mass is 379 g/mol. The zero-order valence-electron chi connectivity index (χ0n) is 16.6. The minimum absolute atomic E-state index is 0.104. The molecule has 0 spiro atoms. The third-order valence-electron chi connectivity index (χ3n) is 5.86. The maximum Gasteiger partial charge on any atom is 0.237 e. The predicted molar refractivity (Wildman–Crippen MR) is 109 cm³/mol. The number of para-hydroxylation sites is 1. The Morgan fingerprint density at radius 1 is 1.07 bits per heavy atom. The van der Waals surface area contributed by atoms with Crippen molar-refractivity contribution in [1.29, 1.82) is 0 Å². The summed E-state index contributed by atoms with van der Waals surface area (Å²) in [7, 11) is 1.70. The van der Waals surface area contributed by atoms with Crippen molar-refractivity contribution in [2.75, 3.05) is 33.3 Å². The number of ether oxygens (including phenoxy) is 1. The molecule has 0 bridgehead atoms. The number of methoxy groups -OCH3 is 1. The number of carbonyl (C=O) groups excluding carboxylic acids is 1. The molecule has 4 rings (SSSR count). The fourth-order valence-corrected chi connectivity index (χ4v) is 4.42. The number of carbonyl (C=O) groups is 1. The average Bonchev–Trinajstić information content (AvgIpc) is 3.40. The smallest absolute Gasteiger partial charge is 0.237 e. The van der Waals surface area contributed by atoms with Crippen molar-refractivity contribution >= 4 is 5.91 Å². The molecule has 3 heterocycles. The standard InChI is InChI=1S/C23H29N3O2/c1-28-22-12-3-2-8-18(22)16-19-9-6-10-20(24-19)21-11-7-15-26(21)23(27)17-25-13-4-5-14-25/h2-3,6,8-10,12,21H,4-5,7,11,13-17H2,1H3. The van der Waals surface area contributed by atoms with Gasteiger partial charge in [0, 0.05) is 24.2 Å². The number of amides is 1. The molecule has 2 fully saturated rings. The van der Waals surface area contributed by atoms with E-state index in [1.807, 2.05) is 23.1 Å². The van der Waals surface area contributed by atoms with Crippen LogP contribution in [0.2, 0.25) is 0 Å². The van der Waals surface area contributed by atoms with Gasteiger partial charge in [0.15, 0.2) is 0 Å². The molecule has 2 aliphatic rings. The van der Waals surface area contributed by atoms with Crippen LogP contribution in [0.15, 0.2) is 42.5 Å². The van der Waals surface area contributed by atoms with Crippen LogP contribution in [-0.2, 0) is 11.2 Å². The second kappa shape index (κ2) is 8.74. The van der Waals surface area contributed by atoms with E-state index in [0.717, 1.165) is 61.6 Å². The van der Waals surface area contributed by atoms with Crippen molar-refractivity contribution in [1.82, 2.24) is 14.8 Å². The molecule has 1 unspecified atom stereocenters. The summed E-state index contributed by atoms with van der Waals surface area (Å²) in [5.74, 6) is 1.14. The van der Waals surface area contributed by atoms with Crippen LogP contribution < -0.4 is 4.74 Å². The first kappa shape index (κ1) is 18.9. The van der Waals surface area contributed by atoms with E-state index in [0.29, 0.717) is 6.54 Å². The maximum absolute atomic E-state index is 12.9. The van der Waals surface area contributed by atoms with Gasteiger partial charge in [-0.2, -0.15) is 0 Å². The topological polar surface area (TPSA) is 45.7 Å². The third kappa shape index (κ3) is 4.20. The first-order valence-corrected chi connectivity index (χ1v) is 10.3. The van der Waals surface area contributed by atoms with Crippen molar-refractivity contribution in [3.63, 3.8) is 0 Å². The molecule has 2 aromatic rings. The van der Waals surface area contributed by atoms with E-state index in [9.17, 15) is 4.79 Å². The minimum Gasteiger partial charge on any atom is -0.496 e. The van der Waals surface area contributed by atoms with Crippen LogP contribution in [-0.4, -0.2) is 54.0 Å². The summed E-state index contributed by atoms with van der Waals surface area (Å²) in [4.78, 5) is 22.1. The van der Waals surface area contributed by atoms with Gasteiger partial charge in [0.2, 0.25) is 5.91 Å². The fourth-order valence-electron chi connectivity index (χ4n) is 4.42. The van der Waals surface area contributed by atoms with E-state index in [2.05, 4.69) is 29.2 Å².